The predicted molar refractivity (Wildman–Crippen MR) is 184 cm³/mol. The zero-order valence-electron chi connectivity index (χ0n) is 28.8. The number of benzene rings is 3. The van der Waals surface area contributed by atoms with Crippen LogP contribution in [0, 0.1) is 17.0 Å². The molecule has 3 aromatic carbocycles. The lowest BCUT2D eigenvalue weighted by molar-refractivity contribution is -0.149. The number of carbonyl (C=O) groups is 3. The van der Waals surface area contributed by atoms with E-state index in [1.807, 2.05) is 54.6 Å². The van der Waals surface area contributed by atoms with Gasteiger partial charge in [-0.15, -0.1) is 0 Å². The quantitative estimate of drug-likeness (QED) is 0.212. The summed E-state index contributed by atoms with van der Waals surface area (Å²) in [6.45, 7) is 4.54. The molecule has 264 valence electrons. The molecular weight excluding hydrogens is 630 g/mol. The highest BCUT2D eigenvalue weighted by Gasteiger charge is 2.36. The molecule has 9 nitrogen and oxygen atoms in total. The normalized spacial score (nSPS) is 15.8. The van der Waals surface area contributed by atoms with Crippen molar-refractivity contribution in [2.24, 2.45) is 5.41 Å². The van der Waals surface area contributed by atoms with Gasteiger partial charge >= 0.3 is 0 Å². The first-order chi connectivity index (χ1) is 23.4. The second-order valence-electron chi connectivity index (χ2n) is 13.6. The maximum atomic E-state index is 14.4. The van der Waals surface area contributed by atoms with E-state index in [9.17, 15) is 28.3 Å². The van der Waals surface area contributed by atoms with Crippen LogP contribution in [0.1, 0.15) is 37.8 Å². The van der Waals surface area contributed by atoms with Crippen LogP contribution in [0.3, 0.4) is 0 Å². The Bertz CT molecular complexity index is 1550. The Hall–Kier alpha value is -4.19. The molecule has 0 radical (unpaired) electrons. The van der Waals surface area contributed by atoms with E-state index in [-0.39, 0.29) is 38.6 Å². The smallest absolute Gasteiger partial charge is 0.249 e. The summed E-state index contributed by atoms with van der Waals surface area (Å²) in [6, 6.07) is 19.0. The molecule has 3 aromatic rings. The van der Waals surface area contributed by atoms with Crippen LogP contribution in [0.2, 0.25) is 0 Å². The number of likely N-dealkylation sites (N-methyl/N-ethyl adjacent to an activating group) is 2. The van der Waals surface area contributed by atoms with Gasteiger partial charge in [-0.3, -0.25) is 14.4 Å². The summed E-state index contributed by atoms with van der Waals surface area (Å²) in [5.74, 6) is -3.53. The van der Waals surface area contributed by atoms with Gasteiger partial charge in [0.1, 0.15) is 18.7 Å². The third-order valence-electron chi connectivity index (χ3n) is 9.04. The zero-order chi connectivity index (χ0) is 35.6. The molecule has 4 rings (SSSR count). The van der Waals surface area contributed by atoms with E-state index in [0.29, 0.717) is 12.2 Å². The Morgan fingerprint density at radius 2 is 1.57 bits per heavy atom. The summed E-state index contributed by atoms with van der Waals surface area (Å²) in [6.07, 6.45) is 2.05. The van der Waals surface area contributed by atoms with E-state index >= 15 is 0 Å². The van der Waals surface area contributed by atoms with Crippen molar-refractivity contribution in [3.8, 4) is 11.1 Å². The average Bonchev–Trinajstić information content (AvgIpc) is 3.63. The molecule has 3 amide bonds. The van der Waals surface area contributed by atoms with Crippen LogP contribution in [0.15, 0.2) is 72.8 Å². The number of nitrogens with one attached hydrogen (secondary N) is 2. The maximum Gasteiger partial charge on any atom is 0.249 e. The summed E-state index contributed by atoms with van der Waals surface area (Å²) >= 11 is 0. The van der Waals surface area contributed by atoms with Gasteiger partial charge in [0, 0.05) is 51.5 Å². The fraction of sp³-hybridized carbons (Fsp3) is 0.447. The molecule has 1 aliphatic heterocycles. The number of ether oxygens (including phenoxy) is 1. The molecule has 0 bridgehead atoms. The first kappa shape index (κ1) is 37.6. The monoisotopic (exact) mass is 678 g/mol. The Morgan fingerprint density at radius 3 is 2.20 bits per heavy atom. The van der Waals surface area contributed by atoms with Gasteiger partial charge in [0.2, 0.25) is 17.7 Å². The second-order valence-corrected chi connectivity index (χ2v) is 13.6. The Labute approximate surface area is 287 Å². The van der Waals surface area contributed by atoms with Gasteiger partial charge in [0.25, 0.3) is 0 Å². The number of amides is 3. The molecule has 1 aliphatic rings. The van der Waals surface area contributed by atoms with E-state index in [0.717, 1.165) is 48.2 Å². The van der Waals surface area contributed by atoms with Crippen LogP contribution in [-0.2, 0) is 32.0 Å². The zero-order valence-corrected chi connectivity index (χ0v) is 28.8. The number of carbonyl (C=O) groups excluding carboxylic acids is 3. The molecule has 1 saturated heterocycles. The van der Waals surface area contributed by atoms with Gasteiger partial charge in [0.15, 0.2) is 11.6 Å². The number of halogens is 2. The highest BCUT2D eigenvalue weighted by Crippen LogP contribution is 2.22. The van der Waals surface area contributed by atoms with Crippen molar-refractivity contribution in [3.05, 3.63) is 95.6 Å². The molecular formula is C38H48F2N4O5. The van der Waals surface area contributed by atoms with E-state index in [1.165, 1.54) is 22.9 Å². The molecule has 3 atom stereocenters. The van der Waals surface area contributed by atoms with Gasteiger partial charge in [-0.2, -0.15) is 0 Å². The second kappa shape index (κ2) is 17.5. The Kier molecular flexibility index (Phi) is 13.4. The molecule has 49 heavy (non-hydrogen) atoms. The van der Waals surface area contributed by atoms with Crippen LogP contribution in [0.4, 0.5) is 8.78 Å². The number of aliphatic hydroxyl groups is 1. The topological polar surface area (TPSA) is 111 Å². The average molecular weight is 679 g/mol. The number of hydrogen-bond donors (Lipinski definition) is 3. The standard InChI is InChI=1S/C38H48F2N4O5/c1-38(2,25-45)24-42-36(47)33(21-27-14-17-31(39)32(40)19-27)44(4)37(48)34(43(3)35(46)23-49-22-30-11-8-18-41-30)20-26-12-15-29(16-13-26)28-9-6-5-7-10-28/h5-7,9-10,12-17,19,30,33-34,41,45H,8,11,18,20-25H2,1-4H3,(H,42,47)/t30-,33+,34+/m0/s1. The van der Waals surface area contributed by atoms with Gasteiger partial charge in [-0.1, -0.05) is 74.5 Å². The van der Waals surface area contributed by atoms with Crippen molar-refractivity contribution in [2.45, 2.75) is 57.7 Å². The molecule has 0 aliphatic carbocycles. The third-order valence-corrected chi connectivity index (χ3v) is 9.04. The van der Waals surface area contributed by atoms with Crippen molar-refractivity contribution in [1.82, 2.24) is 20.4 Å². The van der Waals surface area contributed by atoms with Gasteiger partial charge in [-0.25, -0.2) is 8.78 Å². The van der Waals surface area contributed by atoms with Gasteiger partial charge in [0.05, 0.1) is 6.61 Å². The fourth-order valence-corrected chi connectivity index (χ4v) is 5.72. The molecule has 0 spiro atoms. The summed E-state index contributed by atoms with van der Waals surface area (Å²) in [4.78, 5) is 44.1. The summed E-state index contributed by atoms with van der Waals surface area (Å²) in [5, 5.41) is 15.9. The number of aliphatic hydroxyl groups excluding tert-OH is 1. The molecule has 1 heterocycles. The minimum atomic E-state index is -1.14. The lowest BCUT2D eigenvalue weighted by Gasteiger charge is -2.35. The maximum absolute atomic E-state index is 14.4. The van der Waals surface area contributed by atoms with Crippen molar-refractivity contribution in [3.63, 3.8) is 0 Å². The van der Waals surface area contributed by atoms with Crippen LogP contribution in [0.25, 0.3) is 11.1 Å². The van der Waals surface area contributed by atoms with E-state index in [4.69, 9.17) is 4.74 Å². The van der Waals surface area contributed by atoms with E-state index in [2.05, 4.69) is 10.6 Å². The minimum absolute atomic E-state index is 0.113. The first-order valence-electron chi connectivity index (χ1n) is 16.7. The summed E-state index contributed by atoms with van der Waals surface area (Å²) in [5.41, 5.74) is 2.51. The van der Waals surface area contributed by atoms with Crippen LogP contribution in [0.5, 0.6) is 0 Å². The predicted octanol–water partition coefficient (Wildman–Crippen LogP) is 3.97. The van der Waals surface area contributed by atoms with E-state index in [1.54, 1.807) is 20.9 Å². The number of rotatable bonds is 16. The molecule has 0 aromatic heterocycles. The van der Waals surface area contributed by atoms with Gasteiger partial charge < -0.3 is 30.3 Å². The fourth-order valence-electron chi connectivity index (χ4n) is 5.72. The Balaban J connectivity index is 1.60. The van der Waals surface area contributed by atoms with Crippen LogP contribution < -0.4 is 10.6 Å². The van der Waals surface area contributed by atoms with E-state index < -0.39 is 46.9 Å². The molecule has 3 N–H and O–H groups in total. The van der Waals surface area contributed by atoms with Gasteiger partial charge in [-0.05, 0) is 53.8 Å². The van der Waals surface area contributed by atoms with Crippen LogP contribution >= 0.6 is 0 Å². The Morgan fingerprint density at radius 1 is 0.918 bits per heavy atom. The lowest BCUT2D eigenvalue weighted by atomic mass is 9.94. The first-order valence-corrected chi connectivity index (χ1v) is 16.7. The molecule has 1 fully saturated rings. The highest BCUT2D eigenvalue weighted by atomic mass is 19.2. The van der Waals surface area contributed by atoms with Crippen molar-refractivity contribution >= 4 is 17.7 Å². The molecule has 11 heteroatoms. The number of nitrogens with zero attached hydrogens (tertiary/aromatic N) is 2. The molecule has 0 unspecified atom stereocenters. The largest absolute Gasteiger partial charge is 0.396 e. The van der Waals surface area contributed by atoms with Crippen molar-refractivity contribution in [2.75, 3.05) is 47.0 Å². The SMILES string of the molecule is CN(C(=O)COC[C@@H]1CCCN1)[C@H](Cc1ccc(-c2ccccc2)cc1)C(=O)N(C)[C@H](Cc1ccc(F)c(F)c1)C(=O)NCC(C)(C)CO. The summed E-state index contributed by atoms with van der Waals surface area (Å²) in [7, 11) is 3.01. The third kappa shape index (κ3) is 10.6. The van der Waals surface area contributed by atoms with Crippen molar-refractivity contribution < 1.29 is 33.0 Å². The molecule has 0 saturated carbocycles. The van der Waals surface area contributed by atoms with Crippen molar-refractivity contribution in [1.29, 1.82) is 0 Å². The minimum Gasteiger partial charge on any atom is -0.396 e. The number of hydrogen-bond acceptors (Lipinski definition) is 6. The van der Waals surface area contributed by atoms with Crippen LogP contribution in [-0.4, -0.2) is 97.8 Å². The lowest BCUT2D eigenvalue weighted by Crippen LogP contribution is -2.57. The highest BCUT2D eigenvalue weighted by molar-refractivity contribution is 5.92. The summed E-state index contributed by atoms with van der Waals surface area (Å²) < 4.78 is 33.7.